The van der Waals surface area contributed by atoms with Crippen LogP contribution in [0.2, 0.25) is 0 Å². The van der Waals surface area contributed by atoms with E-state index in [9.17, 15) is 4.79 Å². The number of fused-ring (bicyclic) bond motifs is 1. The first kappa shape index (κ1) is 16.4. The Bertz CT molecular complexity index is 512. The molecule has 2 aromatic rings. The summed E-state index contributed by atoms with van der Waals surface area (Å²) in [5.74, 6) is 1.42. The monoisotopic (exact) mass is 305 g/mol. The van der Waals surface area contributed by atoms with Crippen LogP contribution in [0.4, 0.5) is 0 Å². The van der Waals surface area contributed by atoms with E-state index in [1.54, 1.807) is 18.2 Å². The topological polar surface area (TPSA) is 30.2 Å². The van der Waals surface area contributed by atoms with Gasteiger partial charge in [-0.3, -0.25) is 0 Å². The van der Waals surface area contributed by atoms with Gasteiger partial charge in [-0.05, 0) is 12.3 Å². The number of benzene rings is 1. The van der Waals surface area contributed by atoms with E-state index in [4.69, 9.17) is 4.42 Å². The van der Waals surface area contributed by atoms with E-state index in [0.29, 0.717) is 16.5 Å². The fourth-order valence-electron chi connectivity index (χ4n) is 1.12. The van der Waals surface area contributed by atoms with Gasteiger partial charge in [0.1, 0.15) is 5.58 Å². The molecule has 89 valence electrons. The molecule has 0 amide bonds. The summed E-state index contributed by atoms with van der Waals surface area (Å²) in [6, 6.07) is 7.12. The van der Waals surface area contributed by atoms with Gasteiger partial charge in [-0.15, -0.1) is 5.56 Å². The first-order valence-electron chi connectivity index (χ1n) is 5.11. The molecule has 2 nitrogen and oxygen atoms in total. The molecule has 1 aromatic heterocycles. The van der Waals surface area contributed by atoms with Crippen molar-refractivity contribution in [2.24, 2.45) is 0 Å². The molecule has 0 atom stereocenters. The van der Waals surface area contributed by atoms with Gasteiger partial charge in [-0.2, -0.15) is 27.7 Å². The normalized spacial score (nSPS) is 9.41. The number of hydrogen-bond acceptors (Lipinski definition) is 2. The smallest absolute Gasteiger partial charge is 0.108 e. The number of hydrogen-bond donors (Lipinski definition) is 0. The van der Waals surface area contributed by atoms with Gasteiger partial charge in [0.05, 0.1) is 5.43 Å². The molecule has 0 unspecified atom stereocenters. The fourth-order valence-corrected chi connectivity index (χ4v) is 1.12. The molecule has 3 heteroatoms. The molecule has 17 heavy (non-hydrogen) atoms. The minimum absolute atomic E-state index is 0. The molecule has 0 saturated heterocycles. The Hall–Kier alpha value is -0.596. The van der Waals surface area contributed by atoms with Crippen LogP contribution in [0.1, 0.15) is 26.3 Å². The van der Waals surface area contributed by atoms with Gasteiger partial charge < -0.3 is 15.1 Å². The Morgan fingerprint density at radius 3 is 2.29 bits per heavy atom. The van der Waals surface area contributed by atoms with Crippen LogP contribution in [0.15, 0.2) is 39.7 Å². The Kier molecular flexibility index (Phi) is 7.41. The number of rotatable bonds is 0. The van der Waals surface area contributed by atoms with Crippen molar-refractivity contribution in [1.29, 1.82) is 0 Å². The summed E-state index contributed by atoms with van der Waals surface area (Å²) in [5.41, 5.74) is 0.945. The van der Waals surface area contributed by atoms with Crippen molar-refractivity contribution in [2.75, 3.05) is 0 Å². The maximum absolute atomic E-state index is 11.4. The largest absolute Gasteiger partial charge is 0.524 e. The third-order valence-electron chi connectivity index (χ3n) is 1.75. The third kappa shape index (κ3) is 5.05. The summed E-state index contributed by atoms with van der Waals surface area (Å²) in [7, 11) is 0. The van der Waals surface area contributed by atoms with Crippen LogP contribution in [0.3, 0.4) is 0 Å². The second kappa shape index (κ2) is 7.68. The molecule has 0 bridgehead atoms. The van der Waals surface area contributed by atoms with Gasteiger partial charge in [0.25, 0.3) is 0 Å². The second-order valence-corrected chi connectivity index (χ2v) is 4.09. The Morgan fingerprint density at radius 1 is 1.18 bits per heavy atom. The predicted octanol–water partition coefficient (Wildman–Crippen LogP) is 3.59. The number of para-hydroxylation sites is 1. The first-order chi connectivity index (χ1) is 7.52. The van der Waals surface area contributed by atoms with Crippen LogP contribution in [0, 0.1) is 12.8 Å². The molecule has 0 N–H and O–H groups in total. The van der Waals surface area contributed by atoms with E-state index >= 15 is 0 Å². The van der Waals surface area contributed by atoms with Crippen molar-refractivity contribution in [3.05, 3.63) is 59.2 Å². The first-order valence-corrected chi connectivity index (χ1v) is 5.11. The van der Waals surface area contributed by atoms with E-state index in [0.717, 1.165) is 0 Å². The van der Waals surface area contributed by atoms with Crippen molar-refractivity contribution in [2.45, 2.75) is 20.8 Å². The van der Waals surface area contributed by atoms with E-state index < -0.39 is 0 Å². The van der Waals surface area contributed by atoms with Crippen LogP contribution in [-0.4, -0.2) is 0 Å². The summed E-state index contributed by atoms with van der Waals surface area (Å²) in [6.45, 7) is 9.81. The molecule has 0 saturated carbocycles. The fraction of sp³-hybridized carbons (Fsp3) is 0.214. The average Bonchev–Trinajstić information content (AvgIpc) is 2.23. The van der Waals surface area contributed by atoms with Gasteiger partial charge in [0, 0.05) is 38.1 Å². The summed E-state index contributed by atoms with van der Waals surface area (Å²) in [4.78, 5) is 11.4. The zero-order chi connectivity index (χ0) is 12.1. The van der Waals surface area contributed by atoms with Crippen molar-refractivity contribution >= 4 is 11.0 Å². The summed E-state index contributed by atoms with van der Waals surface area (Å²) >= 11 is 0. The van der Waals surface area contributed by atoms with Crippen molar-refractivity contribution in [3.63, 3.8) is 0 Å². The van der Waals surface area contributed by atoms with Crippen LogP contribution in [-0.2, 0) is 32.7 Å². The minimum atomic E-state index is -0.0585. The van der Waals surface area contributed by atoms with E-state index in [1.165, 1.54) is 12.2 Å². The van der Waals surface area contributed by atoms with E-state index in [1.807, 2.05) is 6.07 Å². The Labute approximate surface area is 127 Å². The maximum Gasteiger partial charge on any atom is 0.108 e. The van der Waals surface area contributed by atoms with Gasteiger partial charge in [-0.1, -0.05) is 18.2 Å². The van der Waals surface area contributed by atoms with E-state index in [-0.39, 0.29) is 38.1 Å². The molecular formula is C14H16O2Y-2. The van der Waals surface area contributed by atoms with Gasteiger partial charge in [0.15, 0.2) is 0 Å². The summed E-state index contributed by atoms with van der Waals surface area (Å²) < 4.78 is 5.16. The standard InChI is InChI=1S/C10H7O2.C4H9.Y/c1-7-6-12-9-5-3-2-4-8(9)10(7)11;1-4(2)3;/h2-6H,1H2;1-3H3;/q2*-1;. The van der Waals surface area contributed by atoms with Crippen molar-refractivity contribution in [3.8, 4) is 0 Å². The van der Waals surface area contributed by atoms with Crippen LogP contribution in [0.5, 0.6) is 0 Å². The molecule has 0 fully saturated rings. The van der Waals surface area contributed by atoms with Gasteiger partial charge in [0.2, 0.25) is 0 Å². The Morgan fingerprint density at radius 2 is 1.71 bits per heavy atom. The second-order valence-electron chi connectivity index (χ2n) is 4.09. The zero-order valence-electron chi connectivity index (χ0n) is 10.5. The quantitative estimate of drug-likeness (QED) is 0.696. The average molecular weight is 305 g/mol. The Balaban J connectivity index is 0.000000453. The molecular weight excluding hydrogens is 289 g/mol. The molecule has 0 aliphatic carbocycles. The third-order valence-corrected chi connectivity index (χ3v) is 1.75. The SMILES string of the molecule is C[C-](C)C.[CH2-]c1coc2ccccc2c1=O.[Y]. The molecule has 1 radical (unpaired) electrons. The summed E-state index contributed by atoms with van der Waals surface area (Å²) in [5, 5.41) is 0.588. The van der Waals surface area contributed by atoms with E-state index in [2.05, 4.69) is 27.7 Å². The van der Waals surface area contributed by atoms with Crippen LogP contribution in [0.25, 0.3) is 11.0 Å². The predicted molar refractivity (Wildman–Crippen MR) is 67.2 cm³/mol. The molecule has 0 spiro atoms. The molecule has 0 aliphatic rings. The summed E-state index contributed by atoms with van der Waals surface area (Å²) in [6.07, 6.45) is 1.38. The molecule has 1 aromatic carbocycles. The maximum atomic E-state index is 11.4. The van der Waals surface area contributed by atoms with Crippen LogP contribution < -0.4 is 5.43 Å². The molecule has 1 heterocycles. The molecule has 2 rings (SSSR count). The van der Waals surface area contributed by atoms with Crippen molar-refractivity contribution in [1.82, 2.24) is 0 Å². The van der Waals surface area contributed by atoms with Crippen LogP contribution >= 0.6 is 0 Å². The minimum Gasteiger partial charge on any atom is -0.524 e. The zero-order valence-corrected chi connectivity index (χ0v) is 13.3. The molecule has 0 aliphatic heterocycles. The van der Waals surface area contributed by atoms with Crippen molar-refractivity contribution < 1.29 is 37.1 Å². The van der Waals surface area contributed by atoms with Gasteiger partial charge >= 0.3 is 0 Å². The van der Waals surface area contributed by atoms with Gasteiger partial charge in [-0.25, -0.2) is 0 Å².